The van der Waals surface area contributed by atoms with E-state index >= 15 is 0 Å². The molecule has 0 saturated heterocycles. The lowest BCUT2D eigenvalue weighted by atomic mass is 9.95. The van der Waals surface area contributed by atoms with Gasteiger partial charge >= 0.3 is 0 Å². The van der Waals surface area contributed by atoms with E-state index < -0.39 is 0 Å². The van der Waals surface area contributed by atoms with Crippen LogP contribution < -0.4 is 15.5 Å². The van der Waals surface area contributed by atoms with E-state index in [1.165, 1.54) is 0 Å². The van der Waals surface area contributed by atoms with E-state index in [0.717, 1.165) is 28.3 Å². The highest BCUT2D eigenvalue weighted by Crippen LogP contribution is 2.29. The summed E-state index contributed by atoms with van der Waals surface area (Å²) in [5.41, 5.74) is 3.03. The Morgan fingerprint density at radius 1 is 1.33 bits per heavy atom. The molecule has 0 aliphatic rings. The normalized spacial score (nSPS) is 10.2. The fraction of sp³-hybridized carbons (Fsp3) is 0.154. The molecule has 0 atom stereocenters. The van der Waals surface area contributed by atoms with Gasteiger partial charge in [0, 0.05) is 11.2 Å². The summed E-state index contributed by atoms with van der Waals surface area (Å²) in [6.07, 6.45) is 1.83. The van der Waals surface area contributed by atoms with Crippen molar-refractivity contribution in [3.05, 3.63) is 41.0 Å². The lowest BCUT2D eigenvalue weighted by Gasteiger charge is -2.13. The van der Waals surface area contributed by atoms with E-state index in [9.17, 15) is 0 Å². The maximum absolute atomic E-state index is 5.99. The highest BCUT2D eigenvalue weighted by Gasteiger charge is 2.06. The number of hydrogen-bond donors (Lipinski definition) is 1. The molecule has 1 aromatic carbocycles. The summed E-state index contributed by atoms with van der Waals surface area (Å²) in [4.78, 5) is 4.37. The lowest BCUT2D eigenvalue weighted by molar-refractivity contribution is 0.417. The van der Waals surface area contributed by atoms with Gasteiger partial charge in [0.2, 0.25) is 0 Å². The van der Waals surface area contributed by atoms with Crippen LogP contribution in [0.5, 0.6) is 5.75 Å². The Morgan fingerprint density at radius 3 is 2.78 bits per heavy atom. The van der Waals surface area contributed by atoms with Crippen molar-refractivity contribution in [2.45, 2.75) is 6.92 Å². The molecule has 0 bridgehead atoms. The number of nitrogens with zero attached hydrogens (tertiary/aromatic N) is 1. The van der Waals surface area contributed by atoms with Gasteiger partial charge in [-0.05, 0) is 36.1 Å². The van der Waals surface area contributed by atoms with Crippen LogP contribution in [0.1, 0.15) is 5.56 Å². The van der Waals surface area contributed by atoms with E-state index in [1.54, 1.807) is 13.2 Å². The van der Waals surface area contributed by atoms with Gasteiger partial charge in [0.05, 0.1) is 12.8 Å². The number of methoxy groups -OCH3 is 1. The van der Waals surface area contributed by atoms with Crippen LogP contribution in [0, 0.1) is 6.92 Å². The van der Waals surface area contributed by atoms with Crippen LogP contribution in [0.4, 0.5) is 11.5 Å². The van der Waals surface area contributed by atoms with Crippen molar-refractivity contribution in [1.82, 2.24) is 4.98 Å². The Bertz CT molecular complexity index is 575. The van der Waals surface area contributed by atoms with E-state index in [4.69, 9.17) is 16.3 Å². The van der Waals surface area contributed by atoms with Crippen LogP contribution >= 0.6 is 11.6 Å². The van der Waals surface area contributed by atoms with Gasteiger partial charge in [-0.2, -0.15) is 0 Å². The number of halogens is 1. The maximum atomic E-state index is 5.99. The first-order valence-electron chi connectivity index (χ1n) is 5.64. The van der Waals surface area contributed by atoms with Crippen molar-refractivity contribution >= 4 is 36.4 Å². The van der Waals surface area contributed by atoms with Gasteiger partial charge in [-0.15, -0.1) is 0 Å². The van der Waals surface area contributed by atoms with Crippen LogP contribution in [-0.2, 0) is 0 Å². The largest absolute Gasteiger partial charge is 0.495 e. The third kappa shape index (κ3) is 2.77. The Kier molecular flexibility index (Phi) is 3.77. The van der Waals surface area contributed by atoms with Crippen LogP contribution in [0.15, 0.2) is 30.5 Å². The topological polar surface area (TPSA) is 34.2 Å². The standard InChI is InChI=1S/C13H14BClN2O/c1-8-5-10(14)13(16-7-8)17-11-6-9(15)3-4-12(11)18-2/h3-7H,14H2,1-2H3,(H,16,17). The fourth-order valence-corrected chi connectivity index (χ4v) is 1.92. The smallest absolute Gasteiger partial charge is 0.144 e. The molecule has 0 aliphatic carbocycles. The van der Waals surface area contributed by atoms with Crippen LogP contribution in [0.2, 0.25) is 5.02 Å². The summed E-state index contributed by atoms with van der Waals surface area (Å²) >= 11 is 5.99. The average molecular weight is 261 g/mol. The molecule has 5 heteroatoms. The summed E-state index contributed by atoms with van der Waals surface area (Å²) in [6.45, 7) is 2.02. The summed E-state index contributed by atoms with van der Waals surface area (Å²) in [5.74, 6) is 1.54. The summed E-state index contributed by atoms with van der Waals surface area (Å²) in [7, 11) is 3.64. The zero-order valence-corrected chi connectivity index (χ0v) is 11.4. The number of ether oxygens (including phenoxy) is 1. The lowest BCUT2D eigenvalue weighted by Crippen LogP contribution is -2.12. The van der Waals surface area contributed by atoms with E-state index in [-0.39, 0.29) is 0 Å². The Hall–Kier alpha value is -1.68. The third-order valence-corrected chi connectivity index (χ3v) is 2.86. The zero-order chi connectivity index (χ0) is 13.1. The first kappa shape index (κ1) is 12.8. The number of aromatic nitrogens is 1. The Morgan fingerprint density at radius 2 is 2.11 bits per heavy atom. The highest BCUT2D eigenvalue weighted by atomic mass is 35.5. The zero-order valence-electron chi connectivity index (χ0n) is 10.6. The van der Waals surface area contributed by atoms with E-state index in [2.05, 4.69) is 16.4 Å². The second-order valence-electron chi connectivity index (χ2n) is 4.15. The van der Waals surface area contributed by atoms with Gasteiger partial charge in [-0.1, -0.05) is 17.7 Å². The Balaban J connectivity index is 2.36. The minimum absolute atomic E-state index is 0.656. The summed E-state index contributed by atoms with van der Waals surface area (Å²) in [6, 6.07) is 7.52. The van der Waals surface area contributed by atoms with E-state index in [0.29, 0.717) is 5.02 Å². The van der Waals surface area contributed by atoms with Gasteiger partial charge in [0.25, 0.3) is 0 Å². The predicted molar refractivity (Wildman–Crippen MR) is 78.4 cm³/mol. The molecule has 0 fully saturated rings. The van der Waals surface area contributed by atoms with Gasteiger partial charge < -0.3 is 10.1 Å². The molecule has 92 valence electrons. The third-order valence-electron chi connectivity index (χ3n) is 2.63. The summed E-state index contributed by atoms with van der Waals surface area (Å²) in [5, 5.41) is 3.89. The second-order valence-corrected chi connectivity index (χ2v) is 4.58. The first-order chi connectivity index (χ1) is 8.60. The minimum atomic E-state index is 0.656. The highest BCUT2D eigenvalue weighted by molar-refractivity contribution is 6.35. The predicted octanol–water partition coefficient (Wildman–Crippen LogP) is 2.05. The van der Waals surface area contributed by atoms with Crippen LogP contribution in [0.3, 0.4) is 0 Å². The molecule has 0 aliphatic heterocycles. The SMILES string of the molecule is Bc1cc(C)cnc1Nc1cc(Cl)ccc1OC. The maximum Gasteiger partial charge on any atom is 0.144 e. The monoisotopic (exact) mass is 260 g/mol. The van der Waals surface area contributed by atoms with Crippen LogP contribution in [0.25, 0.3) is 0 Å². The molecule has 0 saturated carbocycles. The van der Waals surface area contributed by atoms with Crippen molar-refractivity contribution in [2.75, 3.05) is 12.4 Å². The molecule has 18 heavy (non-hydrogen) atoms. The molecule has 0 radical (unpaired) electrons. The molecule has 1 heterocycles. The number of benzene rings is 1. The number of nitrogens with one attached hydrogen (secondary N) is 1. The Labute approximate surface area is 113 Å². The number of pyridine rings is 1. The van der Waals surface area contributed by atoms with Gasteiger partial charge in [-0.25, -0.2) is 4.98 Å². The van der Waals surface area contributed by atoms with E-state index in [1.807, 2.05) is 33.1 Å². The van der Waals surface area contributed by atoms with Gasteiger partial charge in [0.1, 0.15) is 19.4 Å². The van der Waals surface area contributed by atoms with Crippen molar-refractivity contribution in [3.63, 3.8) is 0 Å². The van der Waals surface area contributed by atoms with Crippen molar-refractivity contribution < 1.29 is 4.74 Å². The number of anilines is 2. The molecular formula is C13H14BClN2O. The molecule has 1 N–H and O–H groups in total. The molecule has 1 aromatic heterocycles. The van der Waals surface area contributed by atoms with Crippen molar-refractivity contribution in [1.29, 1.82) is 0 Å². The second kappa shape index (κ2) is 5.31. The van der Waals surface area contributed by atoms with Gasteiger partial charge in [-0.3, -0.25) is 0 Å². The van der Waals surface area contributed by atoms with Crippen LogP contribution in [-0.4, -0.2) is 19.9 Å². The number of aryl methyl sites for hydroxylation is 1. The number of rotatable bonds is 3. The minimum Gasteiger partial charge on any atom is -0.495 e. The molecule has 2 aromatic rings. The molecule has 3 nitrogen and oxygen atoms in total. The quantitative estimate of drug-likeness (QED) is 0.858. The first-order valence-corrected chi connectivity index (χ1v) is 6.02. The molecular weight excluding hydrogens is 246 g/mol. The summed E-state index contributed by atoms with van der Waals surface area (Å²) < 4.78 is 5.29. The average Bonchev–Trinajstić information content (AvgIpc) is 2.33. The molecule has 0 unspecified atom stereocenters. The van der Waals surface area contributed by atoms with Crippen molar-refractivity contribution in [2.24, 2.45) is 0 Å². The number of hydrogen-bond acceptors (Lipinski definition) is 3. The molecule has 0 amide bonds. The fourth-order valence-electron chi connectivity index (χ4n) is 1.75. The molecule has 0 spiro atoms. The molecule has 2 rings (SSSR count). The van der Waals surface area contributed by atoms with Crippen molar-refractivity contribution in [3.8, 4) is 5.75 Å². The van der Waals surface area contributed by atoms with Gasteiger partial charge in [0.15, 0.2) is 0 Å².